The molecule has 108 valence electrons. The molecule has 0 atom stereocenters. The predicted octanol–water partition coefficient (Wildman–Crippen LogP) is 5.72. The first-order chi connectivity index (χ1) is 9.07. The van der Waals surface area contributed by atoms with Gasteiger partial charge in [0.2, 0.25) is 0 Å². The minimum Gasteiger partial charge on any atom is -0.493 e. The number of hydrogen-bond acceptors (Lipinski definition) is 1. The van der Waals surface area contributed by atoms with Crippen LogP contribution in [0.4, 0.5) is 0 Å². The number of unbranched alkanes of at least 4 members (excludes halogenated alkanes) is 2. The van der Waals surface area contributed by atoms with Crippen molar-refractivity contribution in [2.24, 2.45) is 0 Å². The van der Waals surface area contributed by atoms with Gasteiger partial charge >= 0.3 is 0 Å². The number of halogens is 1. The maximum atomic E-state index is 6.09. The minimum absolute atomic E-state index is 0.497. The lowest BCUT2D eigenvalue weighted by molar-refractivity contribution is 0.298. The summed E-state index contributed by atoms with van der Waals surface area (Å²) in [5.74, 6) is 2.85. The average Bonchev–Trinajstić information content (AvgIpc) is 2.38. The van der Waals surface area contributed by atoms with E-state index in [0.717, 1.165) is 37.5 Å². The van der Waals surface area contributed by atoms with Crippen LogP contribution in [-0.2, 0) is 0 Å². The standard InChI is InChI=1S/C17H27ClO/c1-13(2)15-9-8-10-16(14(3)4)17(15)19-12-7-5-6-11-18/h8-10,13-14H,5-7,11-12H2,1-4H3. The molecule has 0 N–H and O–H groups in total. The fourth-order valence-electron chi connectivity index (χ4n) is 2.20. The first-order valence-electron chi connectivity index (χ1n) is 7.39. The largest absolute Gasteiger partial charge is 0.493 e. The third-order valence-electron chi connectivity index (χ3n) is 3.34. The number of benzene rings is 1. The van der Waals surface area contributed by atoms with Crippen molar-refractivity contribution in [2.75, 3.05) is 12.5 Å². The van der Waals surface area contributed by atoms with Crippen molar-refractivity contribution in [1.29, 1.82) is 0 Å². The van der Waals surface area contributed by atoms with Gasteiger partial charge in [-0.2, -0.15) is 0 Å². The molecule has 0 spiro atoms. The molecule has 19 heavy (non-hydrogen) atoms. The molecule has 0 aliphatic rings. The molecule has 0 amide bonds. The second kappa shape index (κ2) is 8.47. The molecule has 0 radical (unpaired) electrons. The Balaban J connectivity index is 2.77. The molecule has 0 aromatic heterocycles. The average molecular weight is 283 g/mol. The molecule has 0 fully saturated rings. The molecule has 0 saturated carbocycles. The van der Waals surface area contributed by atoms with E-state index < -0.39 is 0 Å². The van der Waals surface area contributed by atoms with Crippen LogP contribution in [0.3, 0.4) is 0 Å². The van der Waals surface area contributed by atoms with Gasteiger partial charge in [0, 0.05) is 5.88 Å². The first-order valence-corrected chi connectivity index (χ1v) is 7.93. The highest BCUT2D eigenvalue weighted by Gasteiger charge is 2.14. The Kier molecular flexibility index (Phi) is 7.30. The maximum absolute atomic E-state index is 6.09. The Hall–Kier alpha value is -0.690. The topological polar surface area (TPSA) is 9.23 Å². The number of hydrogen-bond donors (Lipinski definition) is 0. The fraction of sp³-hybridized carbons (Fsp3) is 0.647. The zero-order chi connectivity index (χ0) is 14.3. The molecule has 0 aliphatic carbocycles. The Labute approximate surface area is 123 Å². The molecule has 0 aliphatic heterocycles. The zero-order valence-corrected chi connectivity index (χ0v) is 13.5. The number of rotatable bonds is 8. The third-order valence-corrected chi connectivity index (χ3v) is 3.61. The monoisotopic (exact) mass is 282 g/mol. The summed E-state index contributed by atoms with van der Waals surface area (Å²) in [6, 6.07) is 6.51. The highest BCUT2D eigenvalue weighted by molar-refractivity contribution is 6.17. The SMILES string of the molecule is CC(C)c1cccc(C(C)C)c1OCCCCCCl. The quantitative estimate of drug-likeness (QED) is 0.437. The molecule has 0 saturated heterocycles. The highest BCUT2D eigenvalue weighted by Crippen LogP contribution is 2.34. The van der Waals surface area contributed by atoms with Crippen LogP contribution < -0.4 is 4.74 Å². The molecule has 2 heteroatoms. The maximum Gasteiger partial charge on any atom is 0.126 e. The lowest BCUT2D eigenvalue weighted by Gasteiger charge is -2.20. The van der Waals surface area contributed by atoms with Crippen molar-refractivity contribution in [2.45, 2.75) is 58.8 Å². The van der Waals surface area contributed by atoms with Gasteiger partial charge in [0.1, 0.15) is 5.75 Å². The number of ether oxygens (including phenoxy) is 1. The van der Waals surface area contributed by atoms with Crippen molar-refractivity contribution in [3.63, 3.8) is 0 Å². The summed E-state index contributed by atoms with van der Waals surface area (Å²) in [5, 5.41) is 0. The van der Waals surface area contributed by atoms with Crippen LogP contribution in [0.15, 0.2) is 18.2 Å². The van der Waals surface area contributed by atoms with Crippen molar-refractivity contribution in [3.05, 3.63) is 29.3 Å². The van der Waals surface area contributed by atoms with Crippen molar-refractivity contribution in [1.82, 2.24) is 0 Å². The van der Waals surface area contributed by atoms with Crippen molar-refractivity contribution < 1.29 is 4.74 Å². The second-order valence-corrected chi connectivity index (χ2v) is 6.05. The van der Waals surface area contributed by atoms with E-state index >= 15 is 0 Å². The van der Waals surface area contributed by atoms with Gasteiger partial charge in [-0.1, -0.05) is 45.9 Å². The Morgan fingerprint density at radius 1 is 0.947 bits per heavy atom. The van der Waals surface area contributed by atoms with Crippen LogP contribution >= 0.6 is 11.6 Å². The molecular weight excluding hydrogens is 256 g/mol. The van der Waals surface area contributed by atoms with Crippen LogP contribution in [0, 0.1) is 0 Å². The lowest BCUT2D eigenvalue weighted by atomic mass is 9.94. The van der Waals surface area contributed by atoms with E-state index in [9.17, 15) is 0 Å². The van der Waals surface area contributed by atoms with E-state index in [1.165, 1.54) is 11.1 Å². The Morgan fingerprint density at radius 3 is 2.00 bits per heavy atom. The summed E-state index contributed by atoms with van der Waals surface area (Å²) < 4.78 is 6.09. The highest BCUT2D eigenvalue weighted by atomic mass is 35.5. The molecule has 1 aromatic carbocycles. The molecule has 1 rings (SSSR count). The summed E-state index contributed by atoms with van der Waals surface area (Å²) >= 11 is 5.69. The van der Waals surface area contributed by atoms with Crippen LogP contribution in [0.25, 0.3) is 0 Å². The molecule has 0 bridgehead atoms. The van der Waals surface area contributed by atoms with Gasteiger partial charge < -0.3 is 4.74 Å². The van der Waals surface area contributed by atoms with Gasteiger partial charge in [0.25, 0.3) is 0 Å². The van der Waals surface area contributed by atoms with Crippen LogP contribution in [0.2, 0.25) is 0 Å². The summed E-state index contributed by atoms with van der Waals surface area (Å²) in [5.41, 5.74) is 2.65. The normalized spacial score (nSPS) is 11.3. The molecule has 0 heterocycles. The van der Waals surface area contributed by atoms with Crippen LogP contribution in [-0.4, -0.2) is 12.5 Å². The lowest BCUT2D eigenvalue weighted by Crippen LogP contribution is -2.05. The molecule has 1 aromatic rings. The predicted molar refractivity (Wildman–Crippen MR) is 84.7 cm³/mol. The van der Waals surface area contributed by atoms with E-state index in [0.29, 0.717) is 11.8 Å². The van der Waals surface area contributed by atoms with E-state index in [2.05, 4.69) is 45.9 Å². The molecule has 0 unspecified atom stereocenters. The van der Waals surface area contributed by atoms with E-state index in [1.54, 1.807) is 0 Å². The van der Waals surface area contributed by atoms with Crippen molar-refractivity contribution in [3.8, 4) is 5.75 Å². The summed E-state index contributed by atoms with van der Waals surface area (Å²) in [6.45, 7) is 9.68. The van der Waals surface area contributed by atoms with Gasteiger partial charge in [0.15, 0.2) is 0 Å². The van der Waals surface area contributed by atoms with E-state index in [4.69, 9.17) is 16.3 Å². The van der Waals surface area contributed by atoms with Gasteiger partial charge in [0.05, 0.1) is 6.61 Å². The third kappa shape index (κ3) is 5.06. The number of alkyl halides is 1. The summed E-state index contributed by atoms with van der Waals surface area (Å²) in [4.78, 5) is 0. The molecule has 1 nitrogen and oxygen atoms in total. The smallest absolute Gasteiger partial charge is 0.126 e. The van der Waals surface area contributed by atoms with Gasteiger partial charge in [-0.15, -0.1) is 11.6 Å². The number of para-hydroxylation sites is 1. The van der Waals surface area contributed by atoms with Gasteiger partial charge in [-0.05, 0) is 42.2 Å². The fourth-order valence-corrected chi connectivity index (χ4v) is 2.39. The van der Waals surface area contributed by atoms with Crippen LogP contribution in [0.1, 0.15) is 69.9 Å². The van der Waals surface area contributed by atoms with Gasteiger partial charge in [-0.3, -0.25) is 0 Å². The van der Waals surface area contributed by atoms with Gasteiger partial charge in [-0.25, -0.2) is 0 Å². The second-order valence-electron chi connectivity index (χ2n) is 5.67. The first kappa shape index (κ1) is 16.4. The van der Waals surface area contributed by atoms with E-state index in [-0.39, 0.29) is 0 Å². The molecular formula is C17H27ClO. The van der Waals surface area contributed by atoms with E-state index in [1.807, 2.05) is 0 Å². The minimum atomic E-state index is 0.497. The Bertz CT molecular complexity index is 345. The Morgan fingerprint density at radius 2 is 1.53 bits per heavy atom. The summed E-state index contributed by atoms with van der Waals surface area (Å²) in [6.07, 6.45) is 3.30. The van der Waals surface area contributed by atoms with Crippen molar-refractivity contribution >= 4 is 11.6 Å². The zero-order valence-electron chi connectivity index (χ0n) is 12.7. The summed E-state index contributed by atoms with van der Waals surface area (Å²) in [7, 11) is 0. The van der Waals surface area contributed by atoms with Crippen LogP contribution in [0.5, 0.6) is 5.75 Å².